The van der Waals surface area contributed by atoms with Crippen molar-refractivity contribution >= 4 is 6.29 Å². The van der Waals surface area contributed by atoms with Gasteiger partial charge in [-0.3, -0.25) is 4.79 Å². The van der Waals surface area contributed by atoms with Crippen molar-refractivity contribution < 1.29 is 9.90 Å². The number of aromatic nitrogens is 4. The van der Waals surface area contributed by atoms with Crippen molar-refractivity contribution in [2.45, 2.75) is 52.1 Å². The van der Waals surface area contributed by atoms with Gasteiger partial charge in [-0.05, 0) is 56.9 Å². The summed E-state index contributed by atoms with van der Waals surface area (Å²) in [7, 11) is 0. The number of rotatable bonds is 5. The molecule has 1 unspecified atom stereocenters. The summed E-state index contributed by atoms with van der Waals surface area (Å²) in [6.45, 7) is 3.81. The largest absolute Gasteiger partial charge is 0.388 e. The van der Waals surface area contributed by atoms with Gasteiger partial charge in [0, 0.05) is 18.0 Å². The summed E-state index contributed by atoms with van der Waals surface area (Å²) in [6.07, 6.45) is 10.2. The first kappa shape index (κ1) is 23.6. The van der Waals surface area contributed by atoms with E-state index in [2.05, 4.69) is 10.2 Å². The van der Waals surface area contributed by atoms with Gasteiger partial charge in [-0.2, -0.15) is 10.2 Å². The molecule has 1 saturated carbocycles. The van der Waals surface area contributed by atoms with Crippen LogP contribution < -0.4 is 0 Å². The highest BCUT2D eigenvalue weighted by atomic mass is 16.3. The van der Waals surface area contributed by atoms with E-state index in [1.807, 2.05) is 85.4 Å². The third-order valence-corrected chi connectivity index (χ3v) is 6.46. The van der Waals surface area contributed by atoms with Crippen LogP contribution in [0.3, 0.4) is 0 Å². The maximum Gasteiger partial charge on any atom is 0.153 e. The number of benzene rings is 2. The molecule has 0 aliphatic heterocycles. The minimum absolute atomic E-state index is 0.368. The molecule has 1 N–H and O–H groups in total. The van der Waals surface area contributed by atoms with Crippen LogP contribution in [0.15, 0.2) is 73.1 Å². The topological polar surface area (TPSA) is 72.9 Å². The van der Waals surface area contributed by atoms with Crippen LogP contribution in [0.2, 0.25) is 0 Å². The SMILES string of the molecule is Cc1nn(-c2ccccc2)cc1C(O)C1CCCCC1.Cc1nn(-c2ccccc2)cc1C=O. The standard InChI is InChI=1S/C17H22N2O.C11H10N2O/c1-13-16(17(20)14-8-4-2-5-9-14)12-19(18-13)15-10-6-3-7-11-15;1-9-10(8-14)7-13(12-9)11-5-3-2-4-6-11/h3,6-7,10-12,14,17,20H,2,4-5,8-9H2,1H3;2-8H,1H3. The van der Waals surface area contributed by atoms with E-state index in [9.17, 15) is 9.90 Å². The number of para-hydroxylation sites is 2. The molecule has 1 aliphatic rings. The second-order valence-electron chi connectivity index (χ2n) is 8.86. The van der Waals surface area contributed by atoms with Crippen LogP contribution in [-0.4, -0.2) is 31.0 Å². The first-order valence-electron chi connectivity index (χ1n) is 11.9. The number of nitrogens with zero attached hydrogens (tertiary/aromatic N) is 4. The molecular formula is C28H32N4O2. The predicted octanol–water partition coefficient (Wildman–Crippen LogP) is 5.79. The highest BCUT2D eigenvalue weighted by Gasteiger charge is 2.25. The minimum atomic E-state index is -0.368. The molecule has 0 spiro atoms. The van der Waals surface area contributed by atoms with Crippen molar-refractivity contribution in [3.05, 3.63) is 95.6 Å². The molecule has 34 heavy (non-hydrogen) atoms. The molecule has 176 valence electrons. The number of aldehydes is 1. The molecule has 1 atom stereocenters. The Morgan fingerprint density at radius 1 is 0.824 bits per heavy atom. The average molecular weight is 457 g/mol. The molecule has 2 aromatic heterocycles. The highest BCUT2D eigenvalue weighted by Crippen LogP contribution is 2.35. The van der Waals surface area contributed by atoms with Gasteiger partial charge in [0.05, 0.1) is 34.4 Å². The van der Waals surface area contributed by atoms with E-state index in [0.717, 1.165) is 47.5 Å². The molecule has 2 aromatic carbocycles. The molecule has 1 fully saturated rings. The van der Waals surface area contributed by atoms with E-state index in [-0.39, 0.29) is 6.10 Å². The Balaban J connectivity index is 0.000000172. The summed E-state index contributed by atoms with van der Waals surface area (Å²) >= 11 is 0. The van der Waals surface area contributed by atoms with E-state index in [0.29, 0.717) is 11.5 Å². The van der Waals surface area contributed by atoms with Gasteiger partial charge in [-0.1, -0.05) is 55.7 Å². The first-order valence-corrected chi connectivity index (χ1v) is 11.9. The number of aliphatic hydroxyl groups is 1. The zero-order valence-corrected chi connectivity index (χ0v) is 19.8. The summed E-state index contributed by atoms with van der Waals surface area (Å²) in [5.74, 6) is 0.399. The quantitative estimate of drug-likeness (QED) is 0.386. The number of aliphatic hydroxyl groups excluding tert-OH is 1. The van der Waals surface area contributed by atoms with Gasteiger partial charge in [0.15, 0.2) is 6.29 Å². The highest BCUT2D eigenvalue weighted by molar-refractivity contribution is 5.76. The van der Waals surface area contributed by atoms with Crippen LogP contribution in [0.5, 0.6) is 0 Å². The second kappa shape index (κ2) is 11.1. The Kier molecular flexibility index (Phi) is 7.70. The molecule has 0 saturated heterocycles. The Morgan fingerprint density at radius 2 is 1.35 bits per heavy atom. The van der Waals surface area contributed by atoms with Crippen molar-refractivity contribution in [3.63, 3.8) is 0 Å². The van der Waals surface area contributed by atoms with Crippen molar-refractivity contribution in [2.75, 3.05) is 0 Å². The lowest BCUT2D eigenvalue weighted by atomic mass is 9.83. The third kappa shape index (κ3) is 5.51. The first-order chi connectivity index (χ1) is 16.6. The van der Waals surface area contributed by atoms with Crippen LogP contribution in [0.4, 0.5) is 0 Å². The summed E-state index contributed by atoms with van der Waals surface area (Å²) in [5.41, 5.74) is 5.31. The molecule has 0 amide bonds. The minimum Gasteiger partial charge on any atom is -0.388 e. The molecule has 4 aromatic rings. The van der Waals surface area contributed by atoms with Gasteiger partial charge >= 0.3 is 0 Å². The van der Waals surface area contributed by atoms with Crippen LogP contribution in [-0.2, 0) is 0 Å². The number of hydrogen-bond donors (Lipinski definition) is 1. The summed E-state index contributed by atoms with van der Waals surface area (Å²) in [4.78, 5) is 10.6. The maximum absolute atomic E-state index is 10.6. The van der Waals surface area contributed by atoms with Gasteiger partial charge in [0.1, 0.15) is 0 Å². The van der Waals surface area contributed by atoms with Crippen LogP contribution in [0.1, 0.15) is 65.5 Å². The van der Waals surface area contributed by atoms with Gasteiger partial charge in [0.25, 0.3) is 0 Å². The summed E-state index contributed by atoms with van der Waals surface area (Å²) < 4.78 is 3.58. The fourth-order valence-corrected chi connectivity index (χ4v) is 4.48. The van der Waals surface area contributed by atoms with Crippen LogP contribution in [0.25, 0.3) is 11.4 Å². The predicted molar refractivity (Wildman–Crippen MR) is 134 cm³/mol. The normalized spacial score (nSPS) is 14.8. The summed E-state index contributed by atoms with van der Waals surface area (Å²) in [6, 6.07) is 19.8. The van der Waals surface area contributed by atoms with Crippen LogP contribution in [0, 0.1) is 19.8 Å². The second-order valence-corrected chi connectivity index (χ2v) is 8.86. The van der Waals surface area contributed by atoms with Crippen molar-refractivity contribution in [1.82, 2.24) is 19.6 Å². The number of aryl methyl sites for hydroxylation is 2. The zero-order chi connectivity index (χ0) is 23.9. The zero-order valence-electron chi connectivity index (χ0n) is 19.8. The number of carbonyl (C=O) groups excluding carboxylic acids is 1. The average Bonchev–Trinajstić information content (AvgIpc) is 3.48. The van der Waals surface area contributed by atoms with Gasteiger partial charge < -0.3 is 5.11 Å². The molecule has 6 heteroatoms. The molecule has 1 aliphatic carbocycles. The summed E-state index contributed by atoms with van der Waals surface area (Å²) in [5, 5.41) is 19.4. The monoisotopic (exact) mass is 456 g/mol. The van der Waals surface area contributed by atoms with Crippen molar-refractivity contribution in [3.8, 4) is 11.4 Å². The Hall–Kier alpha value is -3.51. The molecule has 5 rings (SSSR count). The lowest BCUT2D eigenvalue weighted by Gasteiger charge is -2.26. The fraction of sp³-hybridized carbons (Fsp3) is 0.321. The van der Waals surface area contributed by atoms with Crippen LogP contribution >= 0.6 is 0 Å². The maximum atomic E-state index is 10.6. The van der Waals surface area contributed by atoms with Gasteiger partial charge in [-0.25, -0.2) is 9.36 Å². The number of carbonyl (C=O) groups is 1. The van der Waals surface area contributed by atoms with E-state index in [1.165, 1.54) is 19.3 Å². The van der Waals surface area contributed by atoms with Crippen molar-refractivity contribution in [1.29, 1.82) is 0 Å². The fourth-order valence-electron chi connectivity index (χ4n) is 4.48. The Bertz CT molecular complexity index is 1190. The third-order valence-electron chi connectivity index (χ3n) is 6.46. The van der Waals surface area contributed by atoms with E-state index < -0.39 is 0 Å². The lowest BCUT2D eigenvalue weighted by molar-refractivity contribution is 0.0843. The van der Waals surface area contributed by atoms with Gasteiger partial charge in [0.2, 0.25) is 0 Å². The Labute approximate surface area is 200 Å². The van der Waals surface area contributed by atoms with Crippen molar-refractivity contribution in [2.24, 2.45) is 5.92 Å². The molecule has 0 bridgehead atoms. The Morgan fingerprint density at radius 3 is 1.88 bits per heavy atom. The lowest BCUT2D eigenvalue weighted by Crippen LogP contribution is -2.16. The molecule has 2 heterocycles. The molecule has 0 radical (unpaired) electrons. The van der Waals surface area contributed by atoms with E-state index >= 15 is 0 Å². The molecular weight excluding hydrogens is 424 g/mol. The molecule has 6 nitrogen and oxygen atoms in total. The van der Waals surface area contributed by atoms with E-state index in [1.54, 1.807) is 10.9 Å². The number of hydrogen-bond acceptors (Lipinski definition) is 4. The van der Waals surface area contributed by atoms with E-state index in [4.69, 9.17) is 0 Å². The van der Waals surface area contributed by atoms with Gasteiger partial charge in [-0.15, -0.1) is 0 Å². The smallest absolute Gasteiger partial charge is 0.153 e.